The molecule has 14 heavy (non-hydrogen) atoms. The van der Waals surface area contributed by atoms with Crippen molar-refractivity contribution in [1.29, 1.82) is 0 Å². The van der Waals surface area contributed by atoms with E-state index in [1.807, 2.05) is 13.8 Å². The number of hydrogen-bond acceptors (Lipinski definition) is 3. The van der Waals surface area contributed by atoms with Crippen molar-refractivity contribution >= 4 is 10.0 Å². The second-order valence-corrected chi connectivity index (χ2v) is 5.65. The molecular formula is C9H19NO3S. The molecule has 0 radical (unpaired) electrons. The molecule has 0 aromatic rings. The zero-order valence-electron chi connectivity index (χ0n) is 8.82. The fourth-order valence-electron chi connectivity index (χ4n) is 1.68. The van der Waals surface area contributed by atoms with Crippen molar-refractivity contribution < 1.29 is 13.2 Å². The lowest BCUT2D eigenvalue weighted by Crippen LogP contribution is -2.41. The number of nitrogens with one attached hydrogen (secondary N) is 1. The third-order valence-electron chi connectivity index (χ3n) is 2.36. The van der Waals surface area contributed by atoms with Crippen LogP contribution in [0, 0.1) is 0 Å². The van der Waals surface area contributed by atoms with Crippen LogP contribution in [0.15, 0.2) is 0 Å². The average Bonchev–Trinajstić information content (AvgIpc) is 2.53. The molecule has 0 amide bonds. The highest BCUT2D eigenvalue weighted by Gasteiger charge is 2.25. The first kappa shape index (κ1) is 11.9. The molecule has 1 fully saturated rings. The maximum atomic E-state index is 11.4. The fraction of sp³-hybridized carbons (Fsp3) is 1.00. The molecule has 1 N–H and O–H groups in total. The molecule has 0 aromatic carbocycles. The van der Waals surface area contributed by atoms with E-state index in [2.05, 4.69) is 4.72 Å². The van der Waals surface area contributed by atoms with Gasteiger partial charge in [-0.15, -0.1) is 0 Å². The third kappa shape index (κ3) is 3.55. The minimum absolute atomic E-state index is 0.0571. The Kier molecular flexibility index (Phi) is 4.34. The van der Waals surface area contributed by atoms with Crippen LogP contribution in [0.3, 0.4) is 0 Å². The molecule has 1 saturated heterocycles. The van der Waals surface area contributed by atoms with Gasteiger partial charge in [0.05, 0.1) is 11.9 Å². The lowest BCUT2D eigenvalue weighted by atomic mass is 10.1. The zero-order valence-corrected chi connectivity index (χ0v) is 9.64. The standard InChI is InChI=1S/C9H19NO3S/c1-3-7-14(11,12)10-8(2)9-5-4-6-13-9/h8-10H,3-7H2,1-2H3. The Bertz CT molecular complexity index is 257. The van der Waals surface area contributed by atoms with Crippen molar-refractivity contribution in [3.63, 3.8) is 0 Å². The molecule has 2 atom stereocenters. The molecule has 0 aliphatic carbocycles. The van der Waals surface area contributed by atoms with Gasteiger partial charge in [-0.1, -0.05) is 6.92 Å². The molecular weight excluding hydrogens is 202 g/mol. The van der Waals surface area contributed by atoms with Gasteiger partial charge in [0.25, 0.3) is 0 Å². The summed E-state index contributed by atoms with van der Waals surface area (Å²) in [5.74, 6) is 0.198. The largest absolute Gasteiger partial charge is 0.377 e. The van der Waals surface area contributed by atoms with Gasteiger partial charge < -0.3 is 4.74 Å². The molecule has 2 unspecified atom stereocenters. The summed E-state index contributed by atoms with van der Waals surface area (Å²) in [4.78, 5) is 0. The van der Waals surface area contributed by atoms with Crippen LogP contribution in [-0.4, -0.2) is 32.9 Å². The van der Waals surface area contributed by atoms with E-state index in [1.165, 1.54) is 0 Å². The quantitative estimate of drug-likeness (QED) is 0.750. The molecule has 1 aliphatic heterocycles. The van der Waals surface area contributed by atoms with E-state index in [1.54, 1.807) is 0 Å². The predicted octanol–water partition coefficient (Wildman–Crippen LogP) is 0.883. The van der Waals surface area contributed by atoms with Gasteiger partial charge >= 0.3 is 0 Å². The van der Waals surface area contributed by atoms with Crippen molar-refractivity contribution in [1.82, 2.24) is 4.72 Å². The van der Waals surface area contributed by atoms with Gasteiger partial charge in [-0.25, -0.2) is 13.1 Å². The van der Waals surface area contributed by atoms with Gasteiger partial charge in [0.2, 0.25) is 10.0 Å². The minimum Gasteiger partial charge on any atom is -0.377 e. The summed E-state index contributed by atoms with van der Waals surface area (Å²) in [6.07, 6.45) is 2.69. The van der Waals surface area contributed by atoms with Crippen molar-refractivity contribution in [3.05, 3.63) is 0 Å². The second-order valence-electron chi connectivity index (χ2n) is 3.78. The van der Waals surface area contributed by atoms with E-state index >= 15 is 0 Å². The van der Waals surface area contributed by atoms with Gasteiger partial charge in [0, 0.05) is 12.6 Å². The van der Waals surface area contributed by atoms with E-state index < -0.39 is 10.0 Å². The molecule has 5 heteroatoms. The summed E-state index contributed by atoms with van der Waals surface area (Å²) >= 11 is 0. The Morgan fingerprint density at radius 1 is 1.57 bits per heavy atom. The van der Waals surface area contributed by atoms with Crippen LogP contribution in [0.2, 0.25) is 0 Å². The van der Waals surface area contributed by atoms with Crippen molar-refractivity contribution in [3.8, 4) is 0 Å². The molecule has 84 valence electrons. The van der Waals surface area contributed by atoms with E-state index in [-0.39, 0.29) is 17.9 Å². The Labute approximate surface area is 86.1 Å². The maximum Gasteiger partial charge on any atom is 0.211 e. The van der Waals surface area contributed by atoms with Gasteiger partial charge in [-0.2, -0.15) is 0 Å². The van der Waals surface area contributed by atoms with E-state index in [4.69, 9.17) is 4.74 Å². The van der Waals surface area contributed by atoms with Crippen LogP contribution < -0.4 is 4.72 Å². The van der Waals surface area contributed by atoms with Gasteiger partial charge in [0.15, 0.2) is 0 Å². The summed E-state index contributed by atoms with van der Waals surface area (Å²) in [5.41, 5.74) is 0. The molecule has 0 bridgehead atoms. The highest BCUT2D eigenvalue weighted by atomic mass is 32.2. The monoisotopic (exact) mass is 221 g/mol. The Hall–Kier alpha value is -0.130. The number of sulfonamides is 1. The maximum absolute atomic E-state index is 11.4. The van der Waals surface area contributed by atoms with Crippen LogP contribution in [0.5, 0.6) is 0 Å². The topological polar surface area (TPSA) is 55.4 Å². The third-order valence-corrected chi connectivity index (χ3v) is 4.04. The molecule has 1 aliphatic rings. The molecule has 0 saturated carbocycles. The Morgan fingerprint density at radius 3 is 2.79 bits per heavy atom. The average molecular weight is 221 g/mol. The normalized spacial score (nSPS) is 25.1. The highest BCUT2D eigenvalue weighted by Crippen LogP contribution is 2.15. The van der Waals surface area contributed by atoms with Crippen LogP contribution >= 0.6 is 0 Å². The SMILES string of the molecule is CCCS(=O)(=O)NC(C)C1CCCO1. The summed E-state index contributed by atoms with van der Waals surface area (Å²) in [5, 5.41) is 0. The van der Waals surface area contributed by atoms with Gasteiger partial charge in [-0.3, -0.25) is 0 Å². The predicted molar refractivity (Wildman–Crippen MR) is 55.6 cm³/mol. The smallest absolute Gasteiger partial charge is 0.211 e. The Morgan fingerprint density at radius 2 is 2.29 bits per heavy atom. The van der Waals surface area contributed by atoms with Crippen LogP contribution in [0.4, 0.5) is 0 Å². The first-order valence-corrected chi connectivity index (χ1v) is 6.82. The molecule has 0 spiro atoms. The summed E-state index contributed by atoms with van der Waals surface area (Å²) in [7, 11) is -3.10. The van der Waals surface area contributed by atoms with E-state index in [9.17, 15) is 8.42 Å². The minimum atomic E-state index is -3.10. The van der Waals surface area contributed by atoms with Crippen molar-refractivity contribution in [2.75, 3.05) is 12.4 Å². The van der Waals surface area contributed by atoms with Gasteiger partial charge in [-0.05, 0) is 26.2 Å². The van der Waals surface area contributed by atoms with Crippen LogP contribution in [0.1, 0.15) is 33.1 Å². The second kappa shape index (κ2) is 5.09. The van der Waals surface area contributed by atoms with Crippen molar-refractivity contribution in [2.24, 2.45) is 0 Å². The first-order valence-electron chi connectivity index (χ1n) is 5.17. The van der Waals surface area contributed by atoms with Crippen LogP contribution in [0.25, 0.3) is 0 Å². The molecule has 4 nitrogen and oxygen atoms in total. The van der Waals surface area contributed by atoms with Gasteiger partial charge in [0.1, 0.15) is 0 Å². The molecule has 0 aromatic heterocycles. The number of rotatable bonds is 5. The van der Waals surface area contributed by atoms with E-state index in [0.717, 1.165) is 19.4 Å². The summed E-state index contributed by atoms with van der Waals surface area (Å²) in [6.45, 7) is 4.48. The van der Waals surface area contributed by atoms with E-state index in [0.29, 0.717) is 6.42 Å². The lowest BCUT2D eigenvalue weighted by molar-refractivity contribution is 0.0902. The fourth-order valence-corrected chi connectivity index (χ4v) is 3.06. The summed E-state index contributed by atoms with van der Waals surface area (Å²) in [6, 6.07) is -0.103. The van der Waals surface area contributed by atoms with Crippen LogP contribution in [-0.2, 0) is 14.8 Å². The first-order chi connectivity index (χ1) is 6.55. The highest BCUT2D eigenvalue weighted by molar-refractivity contribution is 7.89. The lowest BCUT2D eigenvalue weighted by Gasteiger charge is -2.19. The zero-order chi connectivity index (χ0) is 10.6. The number of ether oxygens (including phenoxy) is 1. The van der Waals surface area contributed by atoms with Crippen molar-refractivity contribution in [2.45, 2.75) is 45.3 Å². The summed E-state index contributed by atoms with van der Waals surface area (Å²) < 4.78 is 30.9. The molecule has 1 rings (SSSR count). The Balaban J connectivity index is 2.42. The molecule has 1 heterocycles. The number of hydrogen-bond donors (Lipinski definition) is 1.